The van der Waals surface area contributed by atoms with Gasteiger partial charge in [-0.05, 0) is 23.8 Å². The number of hydrogen-bond donors (Lipinski definition) is 1. The molecule has 1 heterocycles. The fraction of sp³-hybridized carbons (Fsp3) is 0. The molecule has 4 heteroatoms. The van der Waals surface area contributed by atoms with E-state index in [0.717, 1.165) is 11.1 Å². The zero-order valence-corrected chi connectivity index (χ0v) is 7.31. The first-order valence-electron chi connectivity index (χ1n) is 4.10. The molecule has 70 valence electrons. The number of hydrogen-bond acceptors (Lipinski definition) is 3. The van der Waals surface area contributed by atoms with Crippen molar-refractivity contribution < 1.29 is 4.39 Å². The van der Waals surface area contributed by atoms with E-state index in [1.807, 2.05) is 0 Å². The third-order valence-corrected chi connectivity index (χ3v) is 1.85. The Morgan fingerprint density at radius 3 is 2.43 bits per heavy atom. The molecule has 3 nitrogen and oxygen atoms in total. The van der Waals surface area contributed by atoms with Gasteiger partial charge in [-0.25, -0.2) is 4.39 Å². The molecule has 1 aromatic heterocycles. The molecule has 2 N–H and O–H groups in total. The van der Waals surface area contributed by atoms with Crippen LogP contribution in [0.5, 0.6) is 0 Å². The van der Waals surface area contributed by atoms with Crippen molar-refractivity contribution in [2.45, 2.75) is 0 Å². The first-order valence-corrected chi connectivity index (χ1v) is 4.10. The summed E-state index contributed by atoms with van der Waals surface area (Å²) in [6, 6.07) is 7.83. The summed E-state index contributed by atoms with van der Waals surface area (Å²) >= 11 is 0. The van der Waals surface area contributed by atoms with Crippen LogP contribution < -0.4 is 5.73 Å². The van der Waals surface area contributed by atoms with E-state index in [2.05, 4.69) is 10.2 Å². The molecule has 0 amide bonds. The van der Waals surface area contributed by atoms with Crippen LogP contribution in [0, 0.1) is 5.82 Å². The molecule has 0 unspecified atom stereocenters. The lowest BCUT2D eigenvalue weighted by Crippen LogP contribution is -1.92. The highest BCUT2D eigenvalue weighted by Crippen LogP contribution is 2.19. The molecule has 0 aliphatic heterocycles. The van der Waals surface area contributed by atoms with E-state index in [9.17, 15) is 4.39 Å². The molecule has 0 aliphatic carbocycles. The quantitative estimate of drug-likeness (QED) is 0.744. The zero-order valence-electron chi connectivity index (χ0n) is 7.31. The Hall–Kier alpha value is -1.97. The maximum absolute atomic E-state index is 12.6. The van der Waals surface area contributed by atoms with Crippen LogP contribution in [0.25, 0.3) is 11.1 Å². The summed E-state index contributed by atoms with van der Waals surface area (Å²) < 4.78 is 12.6. The third-order valence-electron chi connectivity index (χ3n) is 1.85. The monoisotopic (exact) mass is 189 g/mol. The van der Waals surface area contributed by atoms with Gasteiger partial charge in [0.2, 0.25) is 0 Å². The van der Waals surface area contributed by atoms with Gasteiger partial charge in [0.05, 0.1) is 6.20 Å². The standard InChI is InChI=1S/C10H8FN3/c11-9-3-1-7(2-4-9)8-5-10(12)14-13-6-8/h1-6H,(H2,12,14). The summed E-state index contributed by atoms with van der Waals surface area (Å²) in [7, 11) is 0. The molecule has 2 rings (SSSR count). The molecule has 1 aromatic carbocycles. The molecule has 0 aliphatic rings. The molecule has 0 fully saturated rings. The normalized spacial score (nSPS) is 10.1. The summed E-state index contributed by atoms with van der Waals surface area (Å²) in [5.41, 5.74) is 7.18. The van der Waals surface area contributed by atoms with E-state index >= 15 is 0 Å². The van der Waals surface area contributed by atoms with Crippen molar-refractivity contribution in [3.05, 3.63) is 42.3 Å². The summed E-state index contributed by atoms with van der Waals surface area (Å²) in [5.74, 6) is 0.0931. The van der Waals surface area contributed by atoms with Gasteiger partial charge in [0, 0.05) is 5.56 Å². The summed E-state index contributed by atoms with van der Waals surface area (Å²) in [6.07, 6.45) is 1.59. The van der Waals surface area contributed by atoms with E-state index in [1.54, 1.807) is 24.4 Å². The molecule has 0 spiro atoms. The first kappa shape index (κ1) is 8.62. The Balaban J connectivity index is 2.44. The lowest BCUT2D eigenvalue weighted by Gasteiger charge is -2.00. The zero-order chi connectivity index (χ0) is 9.97. The number of nitrogen functional groups attached to an aromatic ring is 1. The number of benzene rings is 1. The minimum absolute atomic E-state index is 0.260. The first-order chi connectivity index (χ1) is 6.75. The van der Waals surface area contributed by atoms with Gasteiger partial charge in [0.1, 0.15) is 11.6 Å². The smallest absolute Gasteiger partial charge is 0.146 e. The van der Waals surface area contributed by atoms with E-state index in [0.29, 0.717) is 5.82 Å². The van der Waals surface area contributed by atoms with Gasteiger partial charge in [0.25, 0.3) is 0 Å². The Labute approximate surface area is 80.4 Å². The number of anilines is 1. The summed E-state index contributed by atoms with van der Waals surface area (Å²) in [6.45, 7) is 0. The Kier molecular flexibility index (Phi) is 2.10. The minimum Gasteiger partial charge on any atom is -0.382 e. The second kappa shape index (κ2) is 3.41. The fourth-order valence-electron chi connectivity index (χ4n) is 1.18. The van der Waals surface area contributed by atoms with Crippen LogP contribution >= 0.6 is 0 Å². The van der Waals surface area contributed by atoms with Crippen LogP contribution in [-0.4, -0.2) is 10.2 Å². The van der Waals surface area contributed by atoms with Crippen molar-refractivity contribution in [2.24, 2.45) is 0 Å². The van der Waals surface area contributed by atoms with E-state index in [1.165, 1.54) is 12.1 Å². The number of nitrogens with zero attached hydrogens (tertiary/aromatic N) is 2. The highest BCUT2D eigenvalue weighted by atomic mass is 19.1. The molecular formula is C10H8FN3. The van der Waals surface area contributed by atoms with Crippen LogP contribution in [0.2, 0.25) is 0 Å². The average molecular weight is 189 g/mol. The van der Waals surface area contributed by atoms with Crippen molar-refractivity contribution in [2.75, 3.05) is 5.73 Å². The Morgan fingerprint density at radius 2 is 1.79 bits per heavy atom. The fourth-order valence-corrected chi connectivity index (χ4v) is 1.18. The maximum Gasteiger partial charge on any atom is 0.146 e. The van der Waals surface area contributed by atoms with Crippen molar-refractivity contribution >= 4 is 5.82 Å². The highest BCUT2D eigenvalue weighted by Gasteiger charge is 1.99. The van der Waals surface area contributed by atoms with E-state index in [-0.39, 0.29) is 5.82 Å². The average Bonchev–Trinajstić information content (AvgIpc) is 2.19. The largest absolute Gasteiger partial charge is 0.382 e. The highest BCUT2D eigenvalue weighted by molar-refractivity contribution is 5.64. The van der Waals surface area contributed by atoms with Gasteiger partial charge in [-0.1, -0.05) is 12.1 Å². The predicted molar refractivity (Wildman–Crippen MR) is 51.8 cm³/mol. The summed E-state index contributed by atoms with van der Waals surface area (Å²) in [4.78, 5) is 0. The molecular weight excluding hydrogens is 181 g/mol. The van der Waals surface area contributed by atoms with Gasteiger partial charge >= 0.3 is 0 Å². The Morgan fingerprint density at radius 1 is 1.07 bits per heavy atom. The molecule has 14 heavy (non-hydrogen) atoms. The number of nitrogens with two attached hydrogens (primary N) is 1. The van der Waals surface area contributed by atoms with Crippen molar-refractivity contribution in [1.29, 1.82) is 0 Å². The van der Waals surface area contributed by atoms with Crippen LogP contribution in [0.4, 0.5) is 10.2 Å². The molecule has 0 saturated heterocycles. The molecule has 0 saturated carbocycles. The minimum atomic E-state index is -0.260. The number of rotatable bonds is 1. The van der Waals surface area contributed by atoms with Crippen molar-refractivity contribution in [1.82, 2.24) is 10.2 Å². The topological polar surface area (TPSA) is 51.8 Å². The van der Waals surface area contributed by atoms with Gasteiger partial charge in [-0.3, -0.25) is 0 Å². The predicted octanol–water partition coefficient (Wildman–Crippen LogP) is 1.86. The molecule has 0 radical (unpaired) electrons. The lowest BCUT2D eigenvalue weighted by atomic mass is 10.1. The van der Waals surface area contributed by atoms with Gasteiger partial charge in [-0.15, -0.1) is 5.10 Å². The van der Waals surface area contributed by atoms with E-state index < -0.39 is 0 Å². The van der Waals surface area contributed by atoms with Gasteiger partial charge in [-0.2, -0.15) is 5.10 Å². The van der Waals surface area contributed by atoms with E-state index in [4.69, 9.17) is 5.73 Å². The van der Waals surface area contributed by atoms with Crippen LogP contribution in [0.1, 0.15) is 0 Å². The summed E-state index contributed by atoms with van der Waals surface area (Å²) in [5, 5.41) is 7.35. The van der Waals surface area contributed by atoms with Crippen LogP contribution in [0.3, 0.4) is 0 Å². The number of halogens is 1. The van der Waals surface area contributed by atoms with Crippen LogP contribution in [0.15, 0.2) is 36.5 Å². The molecule has 0 bridgehead atoms. The van der Waals surface area contributed by atoms with Crippen molar-refractivity contribution in [3.8, 4) is 11.1 Å². The van der Waals surface area contributed by atoms with Gasteiger partial charge in [0.15, 0.2) is 0 Å². The second-order valence-corrected chi connectivity index (χ2v) is 2.88. The SMILES string of the molecule is Nc1cc(-c2ccc(F)cc2)cnn1. The second-order valence-electron chi connectivity index (χ2n) is 2.88. The number of aromatic nitrogens is 2. The third kappa shape index (κ3) is 1.69. The van der Waals surface area contributed by atoms with Gasteiger partial charge < -0.3 is 5.73 Å². The maximum atomic E-state index is 12.6. The van der Waals surface area contributed by atoms with Crippen molar-refractivity contribution in [3.63, 3.8) is 0 Å². The molecule has 2 aromatic rings. The molecule has 0 atom stereocenters. The van der Waals surface area contributed by atoms with Crippen LogP contribution in [-0.2, 0) is 0 Å². The Bertz CT molecular complexity index is 439. The lowest BCUT2D eigenvalue weighted by molar-refractivity contribution is 0.628.